The minimum Gasteiger partial charge on any atom is -0.482 e. The Bertz CT molecular complexity index is 1130. The van der Waals surface area contributed by atoms with Crippen LogP contribution in [-0.4, -0.2) is 35.6 Å². The van der Waals surface area contributed by atoms with E-state index in [1.165, 1.54) is 19.1 Å². The van der Waals surface area contributed by atoms with Crippen molar-refractivity contribution in [1.82, 2.24) is 4.57 Å². The molecule has 3 aromatic rings. The molecule has 0 amide bonds. The van der Waals surface area contributed by atoms with E-state index in [2.05, 4.69) is 4.74 Å². The lowest BCUT2D eigenvalue weighted by Gasteiger charge is -2.14. The summed E-state index contributed by atoms with van der Waals surface area (Å²) in [4.78, 5) is 25.1. The lowest BCUT2D eigenvalue weighted by molar-refractivity contribution is -0.148. The Hall–Kier alpha value is -3.39. The van der Waals surface area contributed by atoms with Gasteiger partial charge in [0.25, 0.3) is 0 Å². The van der Waals surface area contributed by atoms with Crippen molar-refractivity contribution < 1.29 is 32.6 Å². The van der Waals surface area contributed by atoms with Gasteiger partial charge in [0.2, 0.25) is 5.78 Å². The van der Waals surface area contributed by atoms with Crippen molar-refractivity contribution in [2.24, 2.45) is 0 Å². The first-order valence-corrected chi connectivity index (χ1v) is 10.4. The van der Waals surface area contributed by atoms with Gasteiger partial charge in [-0.1, -0.05) is 11.6 Å². The van der Waals surface area contributed by atoms with E-state index in [0.29, 0.717) is 27.7 Å². The van der Waals surface area contributed by atoms with Crippen LogP contribution in [0.25, 0.3) is 5.69 Å². The van der Waals surface area contributed by atoms with Crippen LogP contribution in [-0.2, 0) is 9.53 Å². The summed E-state index contributed by atoms with van der Waals surface area (Å²) < 4.78 is 41.5. The molecule has 0 saturated carbocycles. The van der Waals surface area contributed by atoms with Gasteiger partial charge in [-0.25, -0.2) is 4.79 Å². The molecule has 9 heteroatoms. The van der Waals surface area contributed by atoms with Crippen molar-refractivity contribution in [2.45, 2.75) is 33.5 Å². The number of aryl methyl sites for hydroxylation is 1. The zero-order chi connectivity index (χ0) is 24.1. The van der Waals surface area contributed by atoms with Crippen molar-refractivity contribution in [2.75, 3.05) is 6.61 Å². The first-order chi connectivity index (χ1) is 15.7. The fourth-order valence-electron chi connectivity index (χ4n) is 3.36. The topological polar surface area (TPSA) is 66.8 Å². The summed E-state index contributed by atoms with van der Waals surface area (Å²) in [6.45, 7) is 1.79. The number of carbonyl (C=O) groups excluding carboxylic acids is 2. The van der Waals surface area contributed by atoms with Crippen LogP contribution in [0.2, 0.25) is 5.02 Å². The van der Waals surface area contributed by atoms with Crippen molar-refractivity contribution in [3.63, 3.8) is 0 Å². The number of alkyl halides is 2. The average molecular weight is 478 g/mol. The van der Waals surface area contributed by atoms with E-state index >= 15 is 0 Å². The van der Waals surface area contributed by atoms with E-state index in [-0.39, 0.29) is 18.1 Å². The van der Waals surface area contributed by atoms with Gasteiger partial charge in [0.05, 0.1) is 0 Å². The number of ether oxygens (including phenoxy) is 3. The Kier molecular flexibility index (Phi) is 7.71. The van der Waals surface area contributed by atoms with Gasteiger partial charge >= 0.3 is 12.6 Å². The highest BCUT2D eigenvalue weighted by Gasteiger charge is 2.24. The van der Waals surface area contributed by atoms with Crippen LogP contribution in [0.15, 0.2) is 54.6 Å². The molecule has 1 atom stereocenters. The van der Waals surface area contributed by atoms with Gasteiger partial charge in [0.1, 0.15) is 11.5 Å². The van der Waals surface area contributed by atoms with Gasteiger partial charge in [-0.15, -0.1) is 0 Å². The lowest BCUT2D eigenvalue weighted by Crippen LogP contribution is -2.27. The maximum atomic E-state index is 12.9. The minimum absolute atomic E-state index is 0.0360. The number of esters is 1. The molecule has 0 aliphatic heterocycles. The molecular weight excluding hydrogens is 456 g/mol. The first kappa shape index (κ1) is 24.3. The van der Waals surface area contributed by atoms with Crippen LogP contribution in [0.4, 0.5) is 8.78 Å². The fraction of sp³-hybridized carbons (Fsp3) is 0.250. The van der Waals surface area contributed by atoms with E-state index in [4.69, 9.17) is 21.1 Å². The van der Waals surface area contributed by atoms with Crippen molar-refractivity contribution >= 4 is 23.4 Å². The molecule has 0 fully saturated rings. The number of benzene rings is 2. The number of hydrogen-bond donors (Lipinski definition) is 0. The number of carbonyl (C=O) groups is 2. The number of nitrogens with zero attached hydrogens (tertiary/aromatic N) is 1. The maximum Gasteiger partial charge on any atom is 0.387 e. The van der Waals surface area contributed by atoms with Crippen LogP contribution < -0.4 is 9.47 Å². The Morgan fingerprint density at radius 2 is 1.61 bits per heavy atom. The summed E-state index contributed by atoms with van der Waals surface area (Å²) in [5.74, 6) is -0.571. The number of aromatic nitrogens is 1. The maximum absolute atomic E-state index is 12.9. The van der Waals surface area contributed by atoms with Crippen LogP contribution in [0.1, 0.15) is 28.7 Å². The average Bonchev–Trinajstić information content (AvgIpc) is 3.07. The van der Waals surface area contributed by atoms with E-state index in [0.717, 1.165) is 5.69 Å². The molecule has 0 spiro atoms. The molecule has 1 heterocycles. The quantitative estimate of drug-likeness (QED) is 0.299. The molecule has 0 saturated heterocycles. The highest BCUT2D eigenvalue weighted by molar-refractivity contribution is 6.30. The standard InChI is InChI=1S/C24H22ClF2NO5/c1-14-12-21(15(2)28(14)18-6-10-20(11-7-18)33-24(26)27)23(30)16(3)32-22(29)13-31-19-8-4-17(25)5-9-19/h4-12,16,24H,13H2,1-3H3. The number of halogens is 3. The monoisotopic (exact) mass is 477 g/mol. The summed E-state index contributed by atoms with van der Waals surface area (Å²) in [6, 6.07) is 14.3. The van der Waals surface area contributed by atoms with Crippen LogP contribution >= 0.6 is 11.6 Å². The highest BCUT2D eigenvalue weighted by Crippen LogP contribution is 2.25. The van der Waals surface area contributed by atoms with Gasteiger partial charge in [-0.05, 0) is 75.4 Å². The summed E-state index contributed by atoms with van der Waals surface area (Å²) in [7, 11) is 0. The molecule has 0 aliphatic rings. The molecule has 2 aromatic carbocycles. The summed E-state index contributed by atoms with van der Waals surface area (Å²) in [5.41, 5.74) is 2.44. The smallest absolute Gasteiger partial charge is 0.387 e. The predicted molar refractivity (Wildman–Crippen MR) is 119 cm³/mol. The molecule has 3 rings (SSSR count). The molecule has 1 aromatic heterocycles. The zero-order valence-electron chi connectivity index (χ0n) is 18.2. The largest absolute Gasteiger partial charge is 0.482 e. The minimum atomic E-state index is -2.91. The predicted octanol–water partition coefficient (Wildman–Crippen LogP) is 5.54. The van der Waals surface area contributed by atoms with Crippen molar-refractivity contribution in [3.05, 3.63) is 76.6 Å². The molecule has 33 heavy (non-hydrogen) atoms. The van der Waals surface area contributed by atoms with Crippen LogP contribution in [0.3, 0.4) is 0 Å². The van der Waals surface area contributed by atoms with Crippen molar-refractivity contribution in [3.8, 4) is 17.2 Å². The van der Waals surface area contributed by atoms with Gasteiger partial charge in [0.15, 0.2) is 12.7 Å². The second-order valence-electron chi connectivity index (χ2n) is 7.23. The molecule has 0 aliphatic carbocycles. The van der Waals surface area contributed by atoms with Gasteiger partial charge in [0, 0.05) is 27.7 Å². The molecule has 6 nitrogen and oxygen atoms in total. The Morgan fingerprint density at radius 3 is 2.21 bits per heavy atom. The third-order valence-electron chi connectivity index (χ3n) is 4.86. The van der Waals surface area contributed by atoms with Crippen LogP contribution in [0, 0.1) is 13.8 Å². The number of Topliss-reactive ketones (excluding diaryl/α,β-unsaturated/α-hetero) is 1. The van der Waals surface area contributed by atoms with Crippen LogP contribution in [0.5, 0.6) is 11.5 Å². The zero-order valence-corrected chi connectivity index (χ0v) is 18.9. The second kappa shape index (κ2) is 10.5. The summed E-state index contributed by atoms with van der Waals surface area (Å²) in [6.07, 6.45) is -1.03. The third-order valence-corrected chi connectivity index (χ3v) is 5.12. The van der Waals surface area contributed by atoms with Crippen molar-refractivity contribution in [1.29, 1.82) is 0 Å². The Labute approximate surface area is 194 Å². The number of rotatable bonds is 9. The van der Waals surface area contributed by atoms with E-state index in [9.17, 15) is 18.4 Å². The van der Waals surface area contributed by atoms with Gasteiger partial charge in [-0.2, -0.15) is 8.78 Å². The molecule has 1 unspecified atom stereocenters. The van der Waals surface area contributed by atoms with E-state index in [1.807, 2.05) is 6.92 Å². The molecule has 174 valence electrons. The SMILES string of the molecule is Cc1cc(C(=O)C(C)OC(=O)COc2ccc(Cl)cc2)c(C)n1-c1ccc(OC(F)F)cc1. The summed E-state index contributed by atoms with van der Waals surface area (Å²) in [5, 5.41) is 0.541. The number of ketones is 1. The van der Waals surface area contributed by atoms with E-state index < -0.39 is 18.7 Å². The molecule has 0 bridgehead atoms. The lowest BCUT2D eigenvalue weighted by atomic mass is 10.1. The Morgan fingerprint density at radius 1 is 1.00 bits per heavy atom. The molecule has 0 N–H and O–H groups in total. The third kappa shape index (κ3) is 6.10. The van der Waals surface area contributed by atoms with Gasteiger partial charge in [-0.3, -0.25) is 4.79 Å². The summed E-state index contributed by atoms with van der Waals surface area (Å²) >= 11 is 5.81. The second-order valence-corrected chi connectivity index (χ2v) is 7.67. The number of hydrogen-bond acceptors (Lipinski definition) is 5. The first-order valence-electron chi connectivity index (χ1n) is 10.0. The Balaban J connectivity index is 1.67. The van der Waals surface area contributed by atoms with E-state index in [1.54, 1.807) is 54.0 Å². The molecular formula is C24H22ClF2NO5. The fourth-order valence-corrected chi connectivity index (χ4v) is 3.49. The highest BCUT2D eigenvalue weighted by atomic mass is 35.5. The normalized spacial score (nSPS) is 11.8. The van der Waals surface area contributed by atoms with Gasteiger partial charge < -0.3 is 18.8 Å². The molecule has 0 radical (unpaired) electrons.